The number of rotatable bonds is 0. The van der Waals surface area contributed by atoms with Crippen molar-refractivity contribution in [2.75, 3.05) is 52.9 Å². The summed E-state index contributed by atoms with van der Waals surface area (Å²) >= 11 is 0. The van der Waals surface area contributed by atoms with E-state index < -0.39 is 25.2 Å². The van der Waals surface area contributed by atoms with Crippen molar-refractivity contribution in [3.8, 4) is 0 Å². The predicted octanol–water partition coefficient (Wildman–Crippen LogP) is 3.30. The Morgan fingerprint density at radius 3 is 0.957 bits per heavy atom. The summed E-state index contributed by atoms with van der Waals surface area (Å²) < 4.78 is 34.6. The van der Waals surface area contributed by atoms with Crippen molar-refractivity contribution >= 4 is 22.8 Å². The minimum Gasteiger partial charge on any atom is -0.377 e. The van der Waals surface area contributed by atoms with Gasteiger partial charge in [0.15, 0.2) is 0 Å². The zero-order valence-corrected chi connectivity index (χ0v) is 25.3. The molecule has 244 valence electrons. The van der Waals surface area contributed by atoms with E-state index in [4.69, 9.17) is 47.8 Å². The minimum atomic E-state index is -0.470. The molecule has 0 spiro atoms. The molecule has 4 atom stereocenters. The van der Waals surface area contributed by atoms with Crippen molar-refractivity contribution in [2.24, 2.45) is 20.6 Å². The monoisotopic (exact) mass is 636 g/mol. The smallest absolute Gasteiger partial charge is 0.232 e. The topological polar surface area (TPSA) is 142 Å². The highest BCUT2D eigenvalue weighted by molar-refractivity contribution is 6.07. The Labute approximate surface area is 265 Å². The molecular weight excluding hydrogens is 600 g/mol. The lowest BCUT2D eigenvalue weighted by molar-refractivity contribution is -0.147. The molecule has 7 rings (SSSR count). The molecule has 5 aliphatic rings. The van der Waals surface area contributed by atoms with Gasteiger partial charge in [-0.2, -0.15) is 0 Å². The normalized spacial score (nSPS) is 27.7. The van der Waals surface area contributed by atoms with E-state index in [1.165, 1.54) is 0 Å². The van der Waals surface area contributed by atoms with Gasteiger partial charge in [-0.15, -0.1) is 0 Å². The number of oxime groups is 4. The molecule has 12 bridgehead atoms. The van der Waals surface area contributed by atoms with Crippen molar-refractivity contribution in [3.05, 3.63) is 70.8 Å². The Morgan fingerprint density at radius 2 is 0.674 bits per heavy atom. The summed E-state index contributed by atoms with van der Waals surface area (Å²) in [5, 5.41) is 17.0. The van der Waals surface area contributed by atoms with Crippen LogP contribution in [0.15, 0.2) is 69.2 Å². The molecule has 2 aromatic carbocycles. The van der Waals surface area contributed by atoms with Crippen LogP contribution in [-0.2, 0) is 47.8 Å². The van der Waals surface area contributed by atoms with Gasteiger partial charge in [0.05, 0.1) is 101 Å². The number of benzene rings is 2. The summed E-state index contributed by atoms with van der Waals surface area (Å²) in [6, 6.07) is 15.9. The van der Waals surface area contributed by atoms with Gasteiger partial charge >= 0.3 is 0 Å². The molecule has 0 aliphatic carbocycles. The first-order chi connectivity index (χ1) is 22.8. The van der Waals surface area contributed by atoms with Gasteiger partial charge in [0.2, 0.25) is 25.2 Å². The van der Waals surface area contributed by atoms with Crippen molar-refractivity contribution < 1.29 is 47.8 Å². The van der Waals surface area contributed by atoms with Crippen LogP contribution < -0.4 is 0 Å². The molecule has 0 radical (unpaired) electrons. The van der Waals surface area contributed by atoms with E-state index in [0.717, 1.165) is 45.1 Å². The Morgan fingerprint density at radius 1 is 0.391 bits per heavy atom. The Hall–Kier alpha value is -3.92. The third-order valence-electron chi connectivity index (χ3n) is 7.75. The van der Waals surface area contributed by atoms with Gasteiger partial charge in [-0.25, -0.2) is 0 Å². The van der Waals surface area contributed by atoms with Crippen LogP contribution in [0.2, 0.25) is 0 Å². The zero-order valence-electron chi connectivity index (χ0n) is 25.3. The van der Waals surface area contributed by atoms with Gasteiger partial charge < -0.3 is 47.8 Å². The zero-order chi connectivity index (χ0) is 31.0. The average Bonchev–Trinajstić information content (AvgIpc) is 3.92. The van der Waals surface area contributed by atoms with Gasteiger partial charge in [-0.3, -0.25) is 0 Å². The molecule has 0 aromatic heterocycles. The molecule has 0 saturated heterocycles. The fourth-order valence-corrected chi connectivity index (χ4v) is 5.37. The second-order valence-corrected chi connectivity index (χ2v) is 11.0. The SMILES string of the molecule is c1cc2cc(c1)C1=NO[C@H](C1)OCCOCCO[C@@H]1CC(=NO1)c1cccc(c1)C1=NO[C@@H](C1)OCCOCCO[C@H]1CC2=NO1. The molecule has 0 N–H and O–H groups in total. The molecule has 14 nitrogen and oxygen atoms in total. The third kappa shape index (κ3) is 7.89. The lowest BCUT2D eigenvalue weighted by Gasteiger charge is -2.12. The lowest BCUT2D eigenvalue weighted by Crippen LogP contribution is -2.20. The van der Waals surface area contributed by atoms with Crippen LogP contribution in [0.25, 0.3) is 0 Å². The largest absolute Gasteiger partial charge is 0.377 e. The van der Waals surface area contributed by atoms with Crippen molar-refractivity contribution in [2.45, 2.75) is 50.8 Å². The van der Waals surface area contributed by atoms with Crippen LogP contribution in [0, 0.1) is 0 Å². The van der Waals surface area contributed by atoms with E-state index in [1.807, 2.05) is 48.5 Å². The van der Waals surface area contributed by atoms with E-state index in [1.54, 1.807) is 0 Å². The van der Waals surface area contributed by atoms with E-state index in [0.29, 0.717) is 78.5 Å². The van der Waals surface area contributed by atoms with Crippen LogP contribution in [0.4, 0.5) is 0 Å². The molecule has 2 aromatic rings. The van der Waals surface area contributed by atoms with Crippen LogP contribution in [0.1, 0.15) is 47.9 Å². The highest BCUT2D eigenvalue weighted by Gasteiger charge is 2.28. The number of ether oxygens (including phenoxy) is 6. The van der Waals surface area contributed by atoms with E-state index >= 15 is 0 Å². The second-order valence-electron chi connectivity index (χ2n) is 11.0. The Balaban J connectivity index is 0.930. The number of hydrogen-bond donors (Lipinski definition) is 0. The summed E-state index contributed by atoms with van der Waals surface area (Å²) in [6.07, 6.45) is 0.223. The van der Waals surface area contributed by atoms with Gasteiger partial charge in [-0.05, 0) is 12.1 Å². The maximum Gasteiger partial charge on any atom is 0.232 e. The summed E-state index contributed by atoms with van der Waals surface area (Å²) in [7, 11) is 0. The van der Waals surface area contributed by atoms with Gasteiger partial charge in [0, 0.05) is 22.3 Å². The third-order valence-corrected chi connectivity index (χ3v) is 7.75. The van der Waals surface area contributed by atoms with Crippen LogP contribution in [0.3, 0.4) is 0 Å². The molecule has 0 amide bonds. The summed E-state index contributed by atoms with van der Waals surface area (Å²) in [5.41, 5.74) is 6.96. The first kappa shape index (κ1) is 30.7. The summed E-state index contributed by atoms with van der Waals surface area (Å²) in [4.78, 5) is 22.0. The van der Waals surface area contributed by atoms with Gasteiger partial charge in [0.25, 0.3) is 0 Å². The molecule has 14 heteroatoms. The van der Waals surface area contributed by atoms with Crippen LogP contribution in [0.5, 0.6) is 0 Å². The van der Waals surface area contributed by atoms with E-state index in [2.05, 4.69) is 20.6 Å². The molecule has 0 fully saturated rings. The highest BCUT2D eigenvalue weighted by atomic mass is 16.8. The van der Waals surface area contributed by atoms with Crippen LogP contribution >= 0.6 is 0 Å². The minimum absolute atomic E-state index is 0.362. The van der Waals surface area contributed by atoms with Gasteiger partial charge in [0.1, 0.15) is 0 Å². The molecule has 0 saturated carbocycles. The molecular formula is C32H36N4O10. The van der Waals surface area contributed by atoms with Gasteiger partial charge in [-0.1, -0.05) is 57.0 Å². The predicted molar refractivity (Wildman–Crippen MR) is 162 cm³/mol. The Kier molecular flexibility index (Phi) is 10.1. The number of hydrogen-bond acceptors (Lipinski definition) is 14. The van der Waals surface area contributed by atoms with Crippen molar-refractivity contribution in [3.63, 3.8) is 0 Å². The maximum atomic E-state index is 5.81. The number of nitrogens with zero attached hydrogens (tertiary/aromatic N) is 4. The molecule has 5 heterocycles. The highest BCUT2D eigenvalue weighted by Crippen LogP contribution is 2.24. The molecule has 0 unspecified atom stereocenters. The maximum absolute atomic E-state index is 5.81. The first-order valence-corrected chi connectivity index (χ1v) is 15.5. The average molecular weight is 637 g/mol. The molecule has 46 heavy (non-hydrogen) atoms. The Bertz CT molecular complexity index is 1270. The number of fused-ring (bicyclic) bond motifs is 16. The van der Waals surface area contributed by atoms with Crippen LogP contribution in [-0.4, -0.2) is 101 Å². The van der Waals surface area contributed by atoms with E-state index in [9.17, 15) is 0 Å². The standard InChI is InChI=1S/C32H36N4O10/c1-3-21-15-22(4-1)26-18-30(44-34-26)40-12-8-38-10-14-42-32-20-28(36-46-32)24-6-2-5-23(16-24)27-19-31(45-35-27)41-13-9-37-7-11-39-29-17-25(21)33-43-29/h1-6,15-16,29-32H,7-14,17-20H2/t29-,30-,31+,32+. The van der Waals surface area contributed by atoms with Crippen molar-refractivity contribution in [1.82, 2.24) is 0 Å². The fraction of sp³-hybridized carbons (Fsp3) is 0.500. The summed E-state index contributed by atoms with van der Waals surface area (Å²) in [5.74, 6) is 0. The second kappa shape index (κ2) is 15.1. The lowest BCUT2D eigenvalue weighted by atomic mass is 10.0. The summed E-state index contributed by atoms with van der Waals surface area (Å²) in [6.45, 7) is 3.01. The van der Waals surface area contributed by atoms with Crippen molar-refractivity contribution in [1.29, 1.82) is 0 Å². The first-order valence-electron chi connectivity index (χ1n) is 15.5. The quantitative estimate of drug-likeness (QED) is 0.423. The molecule has 5 aliphatic heterocycles. The van der Waals surface area contributed by atoms with E-state index in [-0.39, 0.29) is 0 Å². The fourth-order valence-electron chi connectivity index (χ4n) is 5.37.